The maximum Gasteiger partial charge on any atom is 0.0647 e. The monoisotopic (exact) mass is 206 g/mol. The molecule has 0 aromatic heterocycles. The number of piperazine rings is 1. The average molecular weight is 206 g/mol. The molecule has 82 valence electrons. The molecule has 3 nitrogen and oxygen atoms in total. The van der Waals surface area contributed by atoms with Crippen LogP contribution in [0.5, 0.6) is 0 Å². The van der Waals surface area contributed by atoms with Gasteiger partial charge in [0, 0.05) is 25.3 Å². The lowest BCUT2D eigenvalue weighted by Crippen LogP contribution is -2.53. The number of benzene rings is 1. The predicted molar refractivity (Wildman–Crippen MR) is 62.3 cm³/mol. The van der Waals surface area contributed by atoms with Crippen LogP contribution < -0.4 is 10.2 Å². The van der Waals surface area contributed by atoms with E-state index in [2.05, 4.69) is 41.4 Å². The van der Waals surface area contributed by atoms with E-state index in [1.165, 1.54) is 11.3 Å². The van der Waals surface area contributed by atoms with Gasteiger partial charge in [0.2, 0.25) is 0 Å². The SMILES string of the molecule is Cc1ccc(N2CCNCC2CO)cc1. The Morgan fingerprint density at radius 3 is 2.80 bits per heavy atom. The second kappa shape index (κ2) is 4.64. The zero-order valence-electron chi connectivity index (χ0n) is 9.11. The van der Waals surface area contributed by atoms with Gasteiger partial charge < -0.3 is 15.3 Å². The van der Waals surface area contributed by atoms with Gasteiger partial charge in [0.15, 0.2) is 0 Å². The molecule has 0 aliphatic carbocycles. The maximum atomic E-state index is 9.30. The van der Waals surface area contributed by atoms with E-state index in [0.29, 0.717) is 0 Å². The lowest BCUT2D eigenvalue weighted by molar-refractivity contribution is 0.246. The molecule has 1 aromatic carbocycles. The number of rotatable bonds is 2. The van der Waals surface area contributed by atoms with Crippen LogP contribution in [-0.4, -0.2) is 37.4 Å². The summed E-state index contributed by atoms with van der Waals surface area (Å²) in [5.41, 5.74) is 2.48. The molecule has 1 heterocycles. The number of nitrogens with one attached hydrogen (secondary N) is 1. The van der Waals surface area contributed by atoms with Crippen LogP contribution in [0.1, 0.15) is 5.56 Å². The molecule has 1 aliphatic rings. The first kappa shape index (κ1) is 10.5. The van der Waals surface area contributed by atoms with Gasteiger partial charge in [-0.2, -0.15) is 0 Å². The van der Waals surface area contributed by atoms with Crippen molar-refractivity contribution in [3.8, 4) is 0 Å². The number of anilines is 1. The predicted octanol–water partition coefficient (Wildman–Crippen LogP) is 0.766. The van der Waals surface area contributed by atoms with E-state index < -0.39 is 0 Å². The van der Waals surface area contributed by atoms with E-state index in [1.54, 1.807) is 0 Å². The van der Waals surface area contributed by atoms with Crippen molar-refractivity contribution in [2.45, 2.75) is 13.0 Å². The fourth-order valence-electron chi connectivity index (χ4n) is 2.00. The Morgan fingerprint density at radius 1 is 1.40 bits per heavy atom. The smallest absolute Gasteiger partial charge is 0.0647 e. The van der Waals surface area contributed by atoms with E-state index in [9.17, 15) is 5.11 Å². The highest BCUT2D eigenvalue weighted by Gasteiger charge is 2.21. The Bertz CT molecular complexity index is 310. The Balaban J connectivity index is 2.16. The molecule has 2 N–H and O–H groups in total. The van der Waals surface area contributed by atoms with Gasteiger partial charge in [-0.25, -0.2) is 0 Å². The summed E-state index contributed by atoms with van der Waals surface area (Å²) in [6.45, 7) is 5.12. The minimum absolute atomic E-state index is 0.209. The summed E-state index contributed by atoms with van der Waals surface area (Å²) in [4.78, 5) is 2.27. The fraction of sp³-hybridized carbons (Fsp3) is 0.500. The molecule has 1 saturated heterocycles. The van der Waals surface area contributed by atoms with Gasteiger partial charge in [-0.1, -0.05) is 17.7 Å². The van der Waals surface area contributed by atoms with Crippen LogP contribution in [0.15, 0.2) is 24.3 Å². The van der Waals surface area contributed by atoms with Crippen LogP contribution in [0.4, 0.5) is 5.69 Å². The summed E-state index contributed by atoms with van der Waals surface area (Å²) in [5, 5.41) is 12.6. The van der Waals surface area contributed by atoms with Crippen molar-refractivity contribution in [3.05, 3.63) is 29.8 Å². The van der Waals surface area contributed by atoms with E-state index in [4.69, 9.17) is 0 Å². The van der Waals surface area contributed by atoms with Crippen LogP contribution in [0.3, 0.4) is 0 Å². The molecule has 1 atom stereocenters. The first-order valence-corrected chi connectivity index (χ1v) is 5.46. The molecule has 2 rings (SSSR count). The molecule has 1 fully saturated rings. The zero-order chi connectivity index (χ0) is 10.7. The highest BCUT2D eigenvalue weighted by molar-refractivity contribution is 5.49. The van der Waals surface area contributed by atoms with Gasteiger partial charge in [0.05, 0.1) is 12.6 Å². The molecule has 0 amide bonds. The summed E-state index contributed by atoms with van der Waals surface area (Å²) >= 11 is 0. The molecule has 0 radical (unpaired) electrons. The number of aliphatic hydroxyl groups is 1. The summed E-state index contributed by atoms with van der Waals surface area (Å²) in [7, 11) is 0. The fourth-order valence-corrected chi connectivity index (χ4v) is 2.00. The number of hydrogen-bond donors (Lipinski definition) is 2. The second-order valence-corrected chi connectivity index (χ2v) is 4.07. The minimum atomic E-state index is 0.209. The van der Waals surface area contributed by atoms with Gasteiger partial charge in [0.1, 0.15) is 0 Å². The third kappa shape index (κ3) is 2.30. The zero-order valence-corrected chi connectivity index (χ0v) is 9.11. The molecule has 1 unspecified atom stereocenters. The van der Waals surface area contributed by atoms with Crippen molar-refractivity contribution in [2.75, 3.05) is 31.1 Å². The number of aryl methyl sites for hydroxylation is 1. The van der Waals surface area contributed by atoms with Crippen LogP contribution in [0.2, 0.25) is 0 Å². The normalized spacial score (nSPS) is 21.7. The molecule has 1 aromatic rings. The number of nitrogens with zero attached hydrogens (tertiary/aromatic N) is 1. The molecule has 0 spiro atoms. The molecule has 0 bridgehead atoms. The van der Waals surface area contributed by atoms with Gasteiger partial charge >= 0.3 is 0 Å². The Kier molecular flexibility index (Phi) is 3.23. The number of hydrogen-bond acceptors (Lipinski definition) is 3. The van der Waals surface area contributed by atoms with E-state index in [1.807, 2.05) is 0 Å². The molecule has 3 heteroatoms. The Hall–Kier alpha value is -1.06. The third-order valence-electron chi connectivity index (χ3n) is 2.93. The van der Waals surface area contributed by atoms with Crippen LogP contribution in [0, 0.1) is 6.92 Å². The highest BCUT2D eigenvalue weighted by Crippen LogP contribution is 2.18. The Labute approximate surface area is 90.7 Å². The number of aliphatic hydroxyl groups excluding tert-OH is 1. The maximum absolute atomic E-state index is 9.30. The largest absolute Gasteiger partial charge is 0.394 e. The van der Waals surface area contributed by atoms with Crippen LogP contribution in [0.25, 0.3) is 0 Å². The van der Waals surface area contributed by atoms with Crippen molar-refractivity contribution in [1.29, 1.82) is 0 Å². The summed E-state index contributed by atoms with van der Waals surface area (Å²) < 4.78 is 0. The average Bonchev–Trinajstić information content (AvgIpc) is 2.30. The molecule has 1 aliphatic heterocycles. The van der Waals surface area contributed by atoms with E-state index >= 15 is 0 Å². The molecule has 0 saturated carbocycles. The standard InChI is InChI=1S/C12H18N2O/c1-10-2-4-11(5-3-10)14-7-6-13-8-12(14)9-15/h2-5,12-13,15H,6-9H2,1H3. The topological polar surface area (TPSA) is 35.5 Å². The second-order valence-electron chi connectivity index (χ2n) is 4.07. The van der Waals surface area contributed by atoms with Crippen LogP contribution >= 0.6 is 0 Å². The van der Waals surface area contributed by atoms with Crippen molar-refractivity contribution < 1.29 is 5.11 Å². The first-order chi connectivity index (χ1) is 7.31. The lowest BCUT2D eigenvalue weighted by Gasteiger charge is -2.37. The van der Waals surface area contributed by atoms with E-state index in [0.717, 1.165) is 19.6 Å². The quantitative estimate of drug-likeness (QED) is 0.750. The molecular formula is C12H18N2O. The van der Waals surface area contributed by atoms with Crippen LogP contribution in [-0.2, 0) is 0 Å². The third-order valence-corrected chi connectivity index (χ3v) is 2.93. The first-order valence-electron chi connectivity index (χ1n) is 5.46. The van der Waals surface area contributed by atoms with Crippen molar-refractivity contribution in [3.63, 3.8) is 0 Å². The van der Waals surface area contributed by atoms with Crippen molar-refractivity contribution in [2.24, 2.45) is 0 Å². The minimum Gasteiger partial charge on any atom is -0.394 e. The van der Waals surface area contributed by atoms with Gasteiger partial charge in [-0.3, -0.25) is 0 Å². The summed E-state index contributed by atoms with van der Waals surface area (Å²) in [5.74, 6) is 0. The highest BCUT2D eigenvalue weighted by atomic mass is 16.3. The van der Waals surface area contributed by atoms with Crippen molar-refractivity contribution >= 4 is 5.69 Å². The van der Waals surface area contributed by atoms with E-state index in [-0.39, 0.29) is 12.6 Å². The van der Waals surface area contributed by atoms with Gasteiger partial charge in [-0.15, -0.1) is 0 Å². The molecular weight excluding hydrogens is 188 g/mol. The summed E-state index contributed by atoms with van der Waals surface area (Å²) in [6.07, 6.45) is 0. The molecule has 15 heavy (non-hydrogen) atoms. The summed E-state index contributed by atoms with van der Waals surface area (Å²) in [6, 6.07) is 8.70. The van der Waals surface area contributed by atoms with Crippen molar-refractivity contribution in [1.82, 2.24) is 5.32 Å². The Morgan fingerprint density at radius 2 is 2.13 bits per heavy atom. The van der Waals surface area contributed by atoms with Gasteiger partial charge in [-0.05, 0) is 19.1 Å². The van der Waals surface area contributed by atoms with Gasteiger partial charge in [0.25, 0.3) is 0 Å². The lowest BCUT2D eigenvalue weighted by atomic mass is 10.1.